The Balaban J connectivity index is 1.70. The maximum absolute atomic E-state index is 12.7. The van der Waals surface area contributed by atoms with Crippen molar-refractivity contribution in [3.63, 3.8) is 0 Å². The van der Waals surface area contributed by atoms with E-state index in [1.165, 1.54) is 0 Å². The van der Waals surface area contributed by atoms with Crippen LogP contribution in [0.15, 0.2) is 48.5 Å². The maximum Gasteiger partial charge on any atom is 0.227 e. The van der Waals surface area contributed by atoms with Gasteiger partial charge in [0.15, 0.2) is 0 Å². The zero-order valence-electron chi connectivity index (χ0n) is 14.7. The number of hydrogen-bond donors (Lipinski definition) is 1. The first kappa shape index (κ1) is 18.3. The summed E-state index contributed by atoms with van der Waals surface area (Å²) in [4.78, 5) is 26.7. The molecule has 0 aromatic heterocycles. The third kappa shape index (κ3) is 3.68. The number of carbonyl (C=O) groups is 2. The van der Waals surface area contributed by atoms with Crippen LogP contribution in [0.3, 0.4) is 0 Å². The Morgan fingerprint density at radius 3 is 2.65 bits per heavy atom. The summed E-state index contributed by atoms with van der Waals surface area (Å²) >= 11 is 6.19. The number of rotatable bonds is 5. The zero-order chi connectivity index (χ0) is 18.7. The van der Waals surface area contributed by atoms with E-state index in [1.54, 1.807) is 24.1 Å². The Bertz CT molecular complexity index is 824. The standard InChI is InChI=1S/C20H21ClN2O3/c1-13(15-7-3-4-8-16(15)21)22-20(25)14-11-19(24)23(12-14)17-9-5-6-10-18(17)26-2/h3-10,13-14H,11-12H2,1-2H3,(H,22,25). The van der Waals surface area contributed by atoms with Crippen molar-refractivity contribution in [2.45, 2.75) is 19.4 Å². The van der Waals surface area contributed by atoms with E-state index >= 15 is 0 Å². The van der Waals surface area contributed by atoms with Gasteiger partial charge in [0.2, 0.25) is 11.8 Å². The molecule has 6 heteroatoms. The van der Waals surface area contributed by atoms with Gasteiger partial charge in [0.25, 0.3) is 0 Å². The van der Waals surface area contributed by atoms with Crippen molar-refractivity contribution in [3.8, 4) is 5.75 Å². The first-order valence-electron chi connectivity index (χ1n) is 8.49. The van der Waals surface area contributed by atoms with Crippen molar-refractivity contribution in [3.05, 3.63) is 59.1 Å². The summed E-state index contributed by atoms with van der Waals surface area (Å²) in [5, 5.41) is 3.58. The first-order valence-corrected chi connectivity index (χ1v) is 8.87. The van der Waals surface area contributed by atoms with Gasteiger partial charge < -0.3 is 15.0 Å². The molecule has 136 valence electrons. The highest BCUT2D eigenvalue weighted by Gasteiger charge is 2.36. The van der Waals surface area contributed by atoms with Crippen LogP contribution in [0.25, 0.3) is 0 Å². The molecule has 2 amide bonds. The van der Waals surface area contributed by atoms with Crippen LogP contribution in [0.2, 0.25) is 5.02 Å². The number of benzene rings is 2. The number of nitrogens with zero attached hydrogens (tertiary/aromatic N) is 1. The predicted octanol–water partition coefficient (Wildman–Crippen LogP) is 3.58. The highest BCUT2D eigenvalue weighted by Crippen LogP contribution is 2.33. The van der Waals surface area contributed by atoms with E-state index in [4.69, 9.17) is 16.3 Å². The zero-order valence-corrected chi connectivity index (χ0v) is 15.5. The van der Waals surface area contributed by atoms with E-state index in [0.717, 1.165) is 5.56 Å². The Labute approximate surface area is 157 Å². The van der Waals surface area contributed by atoms with E-state index in [-0.39, 0.29) is 24.3 Å². The average molecular weight is 373 g/mol. The van der Waals surface area contributed by atoms with Crippen molar-refractivity contribution in [1.82, 2.24) is 5.32 Å². The molecule has 2 unspecified atom stereocenters. The monoisotopic (exact) mass is 372 g/mol. The second-order valence-corrected chi connectivity index (χ2v) is 6.74. The molecule has 1 fully saturated rings. The Hall–Kier alpha value is -2.53. The fourth-order valence-electron chi connectivity index (χ4n) is 3.20. The largest absolute Gasteiger partial charge is 0.495 e. The molecule has 0 aliphatic carbocycles. The van der Waals surface area contributed by atoms with Crippen LogP contribution in [0.5, 0.6) is 5.75 Å². The number of methoxy groups -OCH3 is 1. The van der Waals surface area contributed by atoms with Gasteiger partial charge >= 0.3 is 0 Å². The van der Waals surface area contributed by atoms with Gasteiger partial charge in [0.1, 0.15) is 5.75 Å². The van der Waals surface area contributed by atoms with Gasteiger partial charge in [-0.15, -0.1) is 0 Å². The molecular weight excluding hydrogens is 352 g/mol. The lowest BCUT2D eigenvalue weighted by molar-refractivity contribution is -0.126. The number of anilines is 1. The molecule has 0 radical (unpaired) electrons. The minimum Gasteiger partial charge on any atom is -0.495 e. The van der Waals surface area contributed by atoms with Crippen LogP contribution in [0.4, 0.5) is 5.69 Å². The van der Waals surface area contributed by atoms with Gasteiger partial charge in [-0.2, -0.15) is 0 Å². The number of ether oxygens (including phenoxy) is 1. The molecule has 2 aromatic rings. The number of amides is 2. The van der Waals surface area contributed by atoms with Crippen LogP contribution in [-0.2, 0) is 9.59 Å². The van der Waals surface area contributed by atoms with Crippen molar-refractivity contribution >= 4 is 29.1 Å². The van der Waals surface area contributed by atoms with Gasteiger partial charge in [0, 0.05) is 18.0 Å². The molecule has 3 rings (SSSR count). The SMILES string of the molecule is COc1ccccc1N1CC(C(=O)NC(C)c2ccccc2Cl)CC1=O. The highest BCUT2D eigenvalue weighted by molar-refractivity contribution is 6.31. The molecule has 1 aliphatic heterocycles. The van der Waals surface area contributed by atoms with Crippen LogP contribution >= 0.6 is 11.6 Å². The van der Waals surface area contributed by atoms with E-state index in [9.17, 15) is 9.59 Å². The van der Waals surface area contributed by atoms with Crippen LogP contribution < -0.4 is 15.0 Å². The minimum atomic E-state index is -0.405. The molecule has 0 saturated carbocycles. The van der Waals surface area contributed by atoms with E-state index in [0.29, 0.717) is 23.0 Å². The summed E-state index contributed by atoms with van der Waals surface area (Å²) in [7, 11) is 1.56. The molecule has 1 N–H and O–H groups in total. The fourth-order valence-corrected chi connectivity index (χ4v) is 3.50. The molecule has 2 atom stereocenters. The second-order valence-electron chi connectivity index (χ2n) is 6.33. The molecular formula is C20H21ClN2O3. The van der Waals surface area contributed by atoms with Crippen molar-refractivity contribution < 1.29 is 14.3 Å². The Morgan fingerprint density at radius 1 is 1.23 bits per heavy atom. The lowest BCUT2D eigenvalue weighted by Gasteiger charge is -2.20. The summed E-state index contributed by atoms with van der Waals surface area (Å²) in [6, 6.07) is 14.5. The molecule has 26 heavy (non-hydrogen) atoms. The number of hydrogen-bond acceptors (Lipinski definition) is 3. The minimum absolute atomic E-state index is 0.0833. The highest BCUT2D eigenvalue weighted by atomic mass is 35.5. The molecule has 1 heterocycles. The van der Waals surface area contributed by atoms with Crippen LogP contribution in [0, 0.1) is 5.92 Å². The van der Waals surface area contributed by atoms with Gasteiger partial charge in [-0.25, -0.2) is 0 Å². The van der Waals surface area contributed by atoms with Crippen molar-refractivity contribution in [1.29, 1.82) is 0 Å². The summed E-state index contributed by atoms with van der Waals surface area (Å²) in [5.74, 6) is -0.0214. The Kier molecular flexibility index (Phi) is 5.47. The van der Waals surface area contributed by atoms with Gasteiger partial charge in [-0.05, 0) is 30.7 Å². The Morgan fingerprint density at radius 2 is 1.92 bits per heavy atom. The fraction of sp³-hybridized carbons (Fsp3) is 0.300. The van der Waals surface area contributed by atoms with E-state index < -0.39 is 5.92 Å². The van der Waals surface area contributed by atoms with E-state index in [2.05, 4.69) is 5.32 Å². The average Bonchev–Trinajstić information content (AvgIpc) is 3.03. The van der Waals surface area contributed by atoms with Gasteiger partial charge in [-0.3, -0.25) is 9.59 Å². The molecule has 2 aromatic carbocycles. The first-order chi connectivity index (χ1) is 12.5. The number of halogens is 1. The number of carbonyl (C=O) groups excluding carboxylic acids is 2. The summed E-state index contributed by atoms with van der Waals surface area (Å²) in [6.07, 6.45) is 0.180. The summed E-state index contributed by atoms with van der Waals surface area (Å²) in [5.41, 5.74) is 1.54. The predicted molar refractivity (Wildman–Crippen MR) is 101 cm³/mol. The van der Waals surface area contributed by atoms with E-state index in [1.807, 2.05) is 43.3 Å². The topological polar surface area (TPSA) is 58.6 Å². The molecule has 1 saturated heterocycles. The van der Waals surface area contributed by atoms with Gasteiger partial charge in [0.05, 0.1) is 24.8 Å². The third-order valence-electron chi connectivity index (χ3n) is 4.60. The van der Waals surface area contributed by atoms with Crippen LogP contribution in [0.1, 0.15) is 24.9 Å². The number of para-hydroxylation sites is 2. The van der Waals surface area contributed by atoms with Gasteiger partial charge in [-0.1, -0.05) is 41.9 Å². The van der Waals surface area contributed by atoms with Crippen molar-refractivity contribution in [2.75, 3.05) is 18.6 Å². The molecule has 5 nitrogen and oxygen atoms in total. The second kappa shape index (κ2) is 7.79. The van der Waals surface area contributed by atoms with Crippen LogP contribution in [-0.4, -0.2) is 25.5 Å². The smallest absolute Gasteiger partial charge is 0.227 e. The molecule has 0 bridgehead atoms. The summed E-state index contributed by atoms with van der Waals surface area (Å²) in [6.45, 7) is 2.22. The van der Waals surface area contributed by atoms with Crippen molar-refractivity contribution in [2.24, 2.45) is 5.92 Å². The normalized spacial score (nSPS) is 17.9. The lowest BCUT2D eigenvalue weighted by Crippen LogP contribution is -2.34. The third-order valence-corrected chi connectivity index (χ3v) is 4.95. The molecule has 1 aliphatic rings. The lowest BCUT2D eigenvalue weighted by atomic mass is 10.0. The molecule has 0 spiro atoms. The quantitative estimate of drug-likeness (QED) is 0.872. The number of nitrogens with one attached hydrogen (secondary N) is 1. The maximum atomic E-state index is 12.7. The summed E-state index contributed by atoms with van der Waals surface area (Å²) < 4.78 is 5.33.